The molecule has 0 radical (unpaired) electrons. The van der Waals surface area contributed by atoms with Gasteiger partial charge in [0.1, 0.15) is 0 Å². The van der Waals surface area contributed by atoms with E-state index in [9.17, 15) is 0 Å². The normalized spacial score (nSPS) is 11.1. The molecule has 0 atom stereocenters. The summed E-state index contributed by atoms with van der Waals surface area (Å²) in [6.45, 7) is 8.72. The van der Waals surface area contributed by atoms with Crippen LogP contribution in [0.3, 0.4) is 0 Å². The average molecular weight is 289 g/mol. The van der Waals surface area contributed by atoms with Crippen LogP contribution in [0.25, 0.3) is 22.2 Å². The highest BCUT2D eigenvalue weighted by Crippen LogP contribution is 2.27. The first-order chi connectivity index (χ1) is 10.6. The summed E-state index contributed by atoms with van der Waals surface area (Å²) < 4.78 is 0. The first kappa shape index (κ1) is 14.8. The van der Waals surface area contributed by atoms with E-state index in [1.807, 2.05) is 0 Å². The first-order valence-corrected chi connectivity index (χ1v) is 8.06. The highest BCUT2D eigenvalue weighted by molar-refractivity contribution is 5.82. The van der Waals surface area contributed by atoms with E-state index in [1.54, 1.807) is 0 Å². The molecule has 22 heavy (non-hydrogen) atoms. The van der Waals surface area contributed by atoms with Gasteiger partial charge in [-0.05, 0) is 62.1 Å². The fourth-order valence-electron chi connectivity index (χ4n) is 3.06. The van der Waals surface area contributed by atoms with E-state index < -0.39 is 0 Å². The van der Waals surface area contributed by atoms with Gasteiger partial charge in [-0.2, -0.15) is 0 Å². The number of rotatable bonds is 3. The molecule has 3 rings (SSSR count). The van der Waals surface area contributed by atoms with Crippen LogP contribution in [0.5, 0.6) is 0 Å². The molecule has 0 aliphatic carbocycles. The lowest BCUT2D eigenvalue weighted by molar-refractivity contribution is 0.923. The zero-order chi connectivity index (χ0) is 15.7. The van der Waals surface area contributed by atoms with Crippen molar-refractivity contribution >= 4 is 10.9 Å². The molecule has 3 aromatic rings. The van der Waals surface area contributed by atoms with Crippen LogP contribution < -0.4 is 0 Å². The first-order valence-electron chi connectivity index (χ1n) is 8.06. The Morgan fingerprint density at radius 3 is 2.45 bits per heavy atom. The Morgan fingerprint density at radius 1 is 0.909 bits per heavy atom. The number of hydrogen-bond acceptors (Lipinski definition) is 1. The maximum atomic E-state index is 4.93. The molecule has 0 amide bonds. The standard InChI is InChI=1S/C21H23N/c1-5-6-17-7-8-18-9-10-20(22-21(18)13-17)19-12-14(2)11-15(3)16(19)4/h7-13H,5-6H2,1-4H3. The summed E-state index contributed by atoms with van der Waals surface area (Å²) in [7, 11) is 0. The molecular formula is C21H23N. The van der Waals surface area contributed by atoms with E-state index in [-0.39, 0.29) is 0 Å². The summed E-state index contributed by atoms with van der Waals surface area (Å²) in [4.78, 5) is 4.93. The zero-order valence-electron chi connectivity index (χ0n) is 13.9. The molecule has 0 fully saturated rings. The topological polar surface area (TPSA) is 12.9 Å². The van der Waals surface area contributed by atoms with E-state index in [0.29, 0.717) is 0 Å². The van der Waals surface area contributed by atoms with Crippen molar-refractivity contribution in [2.75, 3.05) is 0 Å². The van der Waals surface area contributed by atoms with Gasteiger partial charge in [0.2, 0.25) is 0 Å². The van der Waals surface area contributed by atoms with Gasteiger partial charge in [-0.25, -0.2) is 4.98 Å². The van der Waals surface area contributed by atoms with Crippen LogP contribution >= 0.6 is 0 Å². The molecule has 112 valence electrons. The highest BCUT2D eigenvalue weighted by Gasteiger charge is 2.08. The molecule has 0 unspecified atom stereocenters. The maximum Gasteiger partial charge on any atom is 0.0712 e. The third-order valence-corrected chi connectivity index (χ3v) is 4.38. The molecule has 0 saturated carbocycles. The summed E-state index contributed by atoms with van der Waals surface area (Å²) in [5, 5.41) is 1.21. The van der Waals surface area contributed by atoms with Gasteiger partial charge >= 0.3 is 0 Å². The minimum atomic E-state index is 1.07. The van der Waals surface area contributed by atoms with E-state index in [1.165, 1.54) is 39.6 Å². The summed E-state index contributed by atoms with van der Waals surface area (Å²) in [6, 6.07) is 15.4. The van der Waals surface area contributed by atoms with Gasteiger partial charge in [-0.1, -0.05) is 43.2 Å². The largest absolute Gasteiger partial charge is 0.248 e. The van der Waals surface area contributed by atoms with E-state index >= 15 is 0 Å². The molecule has 1 heteroatoms. The number of hydrogen-bond donors (Lipinski definition) is 0. The highest BCUT2D eigenvalue weighted by atomic mass is 14.7. The smallest absolute Gasteiger partial charge is 0.0712 e. The van der Waals surface area contributed by atoms with Crippen LogP contribution in [0.15, 0.2) is 42.5 Å². The second kappa shape index (κ2) is 5.92. The van der Waals surface area contributed by atoms with Crippen LogP contribution in [0.2, 0.25) is 0 Å². The number of pyridine rings is 1. The number of nitrogens with zero attached hydrogens (tertiary/aromatic N) is 1. The molecule has 1 aromatic heterocycles. The van der Waals surface area contributed by atoms with Gasteiger partial charge < -0.3 is 0 Å². The molecule has 0 aliphatic heterocycles. The maximum absolute atomic E-state index is 4.93. The minimum absolute atomic E-state index is 1.07. The molecular weight excluding hydrogens is 266 g/mol. The molecule has 0 spiro atoms. The van der Waals surface area contributed by atoms with Crippen LogP contribution in [0.4, 0.5) is 0 Å². The van der Waals surface area contributed by atoms with Crippen LogP contribution in [-0.2, 0) is 6.42 Å². The Morgan fingerprint density at radius 2 is 1.68 bits per heavy atom. The fourth-order valence-corrected chi connectivity index (χ4v) is 3.06. The van der Waals surface area contributed by atoms with E-state index in [4.69, 9.17) is 4.98 Å². The molecule has 0 aliphatic rings. The van der Waals surface area contributed by atoms with Crippen molar-refractivity contribution < 1.29 is 0 Å². The van der Waals surface area contributed by atoms with Crippen LogP contribution in [-0.4, -0.2) is 4.98 Å². The number of benzene rings is 2. The van der Waals surface area contributed by atoms with Gasteiger partial charge in [-0.3, -0.25) is 0 Å². The number of aryl methyl sites for hydroxylation is 3. The van der Waals surface area contributed by atoms with Crippen LogP contribution in [0.1, 0.15) is 35.6 Å². The zero-order valence-corrected chi connectivity index (χ0v) is 13.9. The molecule has 0 bridgehead atoms. The molecule has 0 saturated heterocycles. The van der Waals surface area contributed by atoms with E-state index in [0.717, 1.165) is 17.6 Å². The predicted molar refractivity (Wildman–Crippen MR) is 95.4 cm³/mol. The van der Waals surface area contributed by atoms with Gasteiger partial charge in [0.25, 0.3) is 0 Å². The molecule has 0 N–H and O–H groups in total. The van der Waals surface area contributed by atoms with Crippen molar-refractivity contribution in [3.8, 4) is 11.3 Å². The van der Waals surface area contributed by atoms with Crippen molar-refractivity contribution in [1.29, 1.82) is 0 Å². The Kier molecular flexibility index (Phi) is 3.98. The lowest BCUT2D eigenvalue weighted by Crippen LogP contribution is -1.93. The van der Waals surface area contributed by atoms with Gasteiger partial charge in [-0.15, -0.1) is 0 Å². The number of aromatic nitrogens is 1. The quantitative estimate of drug-likeness (QED) is 0.595. The fraction of sp³-hybridized carbons (Fsp3) is 0.286. The van der Waals surface area contributed by atoms with Gasteiger partial charge in [0, 0.05) is 10.9 Å². The third kappa shape index (κ3) is 2.76. The molecule has 1 nitrogen and oxygen atoms in total. The molecule has 2 aromatic carbocycles. The lowest BCUT2D eigenvalue weighted by Gasteiger charge is -2.11. The Labute approximate surface area is 133 Å². The van der Waals surface area contributed by atoms with Gasteiger partial charge in [0.05, 0.1) is 11.2 Å². The summed E-state index contributed by atoms with van der Waals surface area (Å²) in [5.74, 6) is 0. The lowest BCUT2D eigenvalue weighted by atomic mass is 9.97. The second-order valence-electron chi connectivity index (χ2n) is 6.23. The van der Waals surface area contributed by atoms with Crippen molar-refractivity contribution in [3.05, 3.63) is 64.7 Å². The summed E-state index contributed by atoms with van der Waals surface area (Å²) >= 11 is 0. The monoisotopic (exact) mass is 289 g/mol. The van der Waals surface area contributed by atoms with Crippen molar-refractivity contribution in [3.63, 3.8) is 0 Å². The average Bonchev–Trinajstić information content (AvgIpc) is 2.50. The SMILES string of the molecule is CCCc1ccc2ccc(-c3cc(C)cc(C)c3C)nc2c1. The summed E-state index contributed by atoms with van der Waals surface area (Å²) in [5.41, 5.74) is 8.74. The number of fused-ring (bicyclic) bond motifs is 1. The minimum Gasteiger partial charge on any atom is -0.248 e. The van der Waals surface area contributed by atoms with E-state index in [2.05, 4.69) is 70.2 Å². The van der Waals surface area contributed by atoms with Crippen LogP contribution in [0, 0.1) is 20.8 Å². The van der Waals surface area contributed by atoms with Crippen molar-refractivity contribution in [2.24, 2.45) is 0 Å². The third-order valence-electron chi connectivity index (χ3n) is 4.38. The predicted octanol–water partition coefficient (Wildman–Crippen LogP) is 5.78. The molecule has 1 heterocycles. The summed E-state index contributed by atoms with van der Waals surface area (Å²) in [6.07, 6.45) is 2.28. The van der Waals surface area contributed by atoms with Crippen molar-refractivity contribution in [1.82, 2.24) is 4.98 Å². The van der Waals surface area contributed by atoms with Crippen molar-refractivity contribution in [2.45, 2.75) is 40.5 Å². The Hall–Kier alpha value is -2.15. The van der Waals surface area contributed by atoms with Gasteiger partial charge in [0.15, 0.2) is 0 Å². The second-order valence-corrected chi connectivity index (χ2v) is 6.23. The Bertz CT molecular complexity index is 831. The Balaban J connectivity index is 2.15.